The van der Waals surface area contributed by atoms with Gasteiger partial charge < -0.3 is 10.0 Å². The van der Waals surface area contributed by atoms with Crippen LogP contribution in [0.4, 0.5) is 5.13 Å². The van der Waals surface area contributed by atoms with E-state index in [4.69, 9.17) is 0 Å². The standard InChI is InChI=1S/C13H18N2OS2/c1-9(2)12-11(7-16)18-13(14-12)15(3)6-10-4-5-17-8-10/h4-5,8-9,16H,6-7H2,1-3H3. The molecule has 0 saturated carbocycles. The van der Waals surface area contributed by atoms with Gasteiger partial charge in [0.1, 0.15) is 0 Å². The third-order valence-corrected chi connectivity index (χ3v) is 4.64. The number of aliphatic hydroxyl groups excluding tert-OH is 1. The van der Waals surface area contributed by atoms with Crippen LogP contribution < -0.4 is 4.90 Å². The van der Waals surface area contributed by atoms with E-state index in [1.165, 1.54) is 5.56 Å². The molecule has 0 radical (unpaired) electrons. The Morgan fingerprint density at radius 3 is 2.72 bits per heavy atom. The normalized spacial score (nSPS) is 11.2. The summed E-state index contributed by atoms with van der Waals surface area (Å²) in [4.78, 5) is 7.77. The molecule has 0 spiro atoms. The molecule has 0 aliphatic rings. The Morgan fingerprint density at radius 1 is 1.44 bits per heavy atom. The quantitative estimate of drug-likeness (QED) is 0.912. The first kappa shape index (κ1) is 13.5. The predicted octanol–water partition coefficient (Wildman–Crippen LogP) is 3.46. The molecule has 3 nitrogen and oxygen atoms in total. The van der Waals surface area contributed by atoms with Crippen molar-refractivity contribution in [3.63, 3.8) is 0 Å². The van der Waals surface area contributed by atoms with Crippen molar-refractivity contribution in [3.8, 4) is 0 Å². The minimum atomic E-state index is 0.0808. The maximum atomic E-state index is 9.37. The minimum Gasteiger partial charge on any atom is -0.391 e. The lowest BCUT2D eigenvalue weighted by Gasteiger charge is -2.14. The molecule has 0 bridgehead atoms. The van der Waals surface area contributed by atoms with E-state index in [9.17, 15) is 5.11 Å². The second-order valence-corrected chi connectivity index (χ2v) is 6.45. The lowest BCUT2D eigenvalue weighted by atomic mass is 10.1. The number of hydrogen-bond donors (Lipinski definition) is 1. The van der Waals surface area contributed by atoms with E-state index in [-0.39, 0.29) is 6.61 Å². The summed E-state index contributed by atoms with van der Waals surface area (Å²) in [5.74, 6) is 0.353. The number of hydrogen-bond acceptors (Lipinski definition) is 5. The van der Waals surface area contributed by atoms with Crippen LogP contribution in [0, 0.1) is 0 Å². The number of aromatic nitrogens is 1. The fourth-order valence-corrected chi connectivity index (χ4v) is 3.50. The lowest BCUT2D eigenvalue weighted by molar-refractivity contribution is 0.283. The number of anilines is 1. The third-order valence-electron chi connectivity index (χ3n) is 2.73. The predicted molar refractivity (Wildman–Crippen MR) is 78.6 cm³/mol. The summed E-state index contributed by atoms with van der Waals surface area (Å²) in [6.45, 7) is 5.16. The van der Waals surface area contributed by atoms with Gasteiger partial charge in [-0.15, -0.1) is 0 Å². The van der Waals surface area contributed by atoms with Crippen molar-refractivity contribution in [2.75, 3.05) is 11.9 Å². The van der Waals surface area contributed by atoms with Gasteiger partial charge in [0.25, 0.3) is 0 Å². The molecule has 0 aliphatic heterocycles. The van der Waals surface area contributed by atoms with Gasteiger partial charge in [0.05, 0.1) is 17.2 Å². The number of rotatable bonds is 5. The molecule has 1 N–H and O–H groups in total. The van der Waals surface area contributed by atoms with Crippen molar-refractivity contribution in [1.29, 1.82) is 0 Å². The van der Waals surface area contributed by atoms with Crippen LogP contribution in [0.1, 0.15) is 35.9 Å². The van der Waals surface area contributed by atoms with E-state index < -0.39 is 0 Å². The molecule has 0 aliphatic carbocycles. The Kier molecular flexibility index (Phi) is 4.37. The monoisotopic (exact) mass is 282 g/mol. The number of thiazole rings is 1. The largest absolute Gasteiger partial charge is 0.391 e. The van der Waals surface area contributed by atoms with Gasteiger partial charge in [0.2, 0.25) is 0 Å². The minimum absolute atomic E-state index is 0.0808. The molecule has 0 atom stereocenters. The van der Waals surface area contributed by atoms with E-state index in [1.54, 1.807) is 22.7 Å². The average Bonchev–Trinajstić information content (AvgIpc) is 2.96. The van der Waals surface area contributed by atoms with E-state index >= 15 is 0 Å². The topological polar surface area (TPSA) is 36.4 Å². The van der Waals surface area contributed by atoms with Crippen molar-refractivity contribution in [1.82, 2.24) is 4.98 Å². The molecule has 2 aromatic rings. The van der Waals surface area contributed by atoms with E-state index in [2.05, 4.69) is 40.6 Å². The first-order chi connectivity index (χ1) is 8.61. The van der Waals surface area contributed by atoms with Gasteiger partial charge in [-0.2, -0.15) is 11.3 Å². The summed E-state index contributed by atoms with van der Waals surface area (Å²) in [7, 11) is 2.04. The molecule has 2 heterocycles. The fourth-order valence-electron chi connectivity index (χ4n) is 1.80. The van der Waals surface area contributed by atoms with Gasteiger partial charge in [-0.3, -0.25) is 0 Å². The Bertz CT molecular complexity index is 491. The number of aliphatic hydroxyl groups is 1. The maximum Gasteiger partial charge on any atom is 0.185 e. The van der Waals surface area contributed by atoms with E-state index in [0.29, 0.717) is 5.92 Å². The molecule has 0 unspecified atom stereocenters. The number of thiophene rings is 1. The molecule has 0 fully saturated rings. The summed E-state index contributed by atoms with van der Waals surface area (Å²) in [6, 6.07) is 2.13. The van der Waals surface area contributed by atoms with Gasteiger partial charge in [-0.1, -0.05) is 25.2 Å². The molecule has 2 aromatic heterocycles. The molecular formula is C13H18N2OS2. The van der Waals surface area contributed by atoms with Crippen LogP contribution in [-0.2, 0) is 13.2 Å². The zero-order valence-electron chi connectivity index (χ0n) is 10.9. The lowest BCUT2D eigenvalue weighted by Crippen LogP contribution is -2.15. The maximum absolute atomic E-state index is 9.37. The Labute approximate surface area is 116 Å². The second-order valence-electron chi connectivity index (χ2n) is 4.61. The number of nitrogens with zero attached hydrogens (tertiary/aromatic N) is 2. The molecule has 2 rings (SSSR count). The van der Waals surface area contributed by atoms with E-state index in [1.807, 2.05) is 7.05 Å². The summed E-state index contributed by atoms with van der Waals surface area (Å²) >= 11 is 3.30. The summed E-state index contributed by atoms with van der Waals surface area (Å²) in [5, 5.41) is 14.6. The highest BCUT2D eigenvalue weighted by molar-refractivity contribution is 7.15. The zero-order valence-corrected chi connectivity index (χ0v) is 12.5. The van der Waals surface area contributed by atoms with Crippen molar-refractivity contribution in [3.05, 3.63) is 33.0 Å². The first-order valence-electron chi connectivity index (χ1n) is 5.94. The highest BCUT2D eigenvalue weighted by atomic mass is 32.1. The average molecular weight is 282 g/mol. The van der Waals surface area contributed by atoms with Crippen molar-refractivity contribution < 1.29 is 5.11 Å². The van der Waals surface area contributed by atoms with Crippen molar-refractivity contribution in [2.24, 2.45) is 0 Å². The Balaban J connectivity index is 2.17. The van der Waals surface area contributed by atoms with Crippen LogP contribution in [-0.4, -0.2) is 17.1 Å². The molecule has 0 aromatic carbocycles. The SMILES string of the molecule is CC(C)c1nc(N(C)Cc2ccsc2)sc1CO. The van der Waals surface area contributed by atoms with Gasteiger partial charge in [0, 0.05) is 13.6 Å². The van der Waals surface area contributed by atoms with Crippen LogP contribution in [0.2, 0.25) is 0 Å². The fraction of sp³-hybridized carbons (Fsp3) is 0.462. The molecule has 0 amide bonds. The second kappa shape index (κ2) is 5.82. The summed E-state index contributed by atoms with van der Waals surface area (Å²) < 4.78 is 0. The third kappa shape index (κ3) is 2.91. The van der Waals surface area contributed by atoms with Gasteiger partial charge in [0.15, 0.2) is 5.13 Å². The zero-order chi connectivity index (χ0) is 13.1. The molecule has 0 saturated heterocycles. The van der Waals surface area contributed by atoms with Crippen LogP contribution in [0.15, 0.2) is 16.8 Å². The highest BCUT2D eigenvalue weighted by Crippen LogP contribution is 2.31. The molecule has 18 heavy (non-hydrogen) atoms. The van der Waals surface area contributed by atoms with Crippen molar-refractivity contribution in [2.45, 2.75) is 32.9 Å². The van der Waals surface area contributed by atoms with Gasteiger partial charge in [-0.05, 0) is 28.3 Å². The van der Waals surface area contributed by atoms with Gasteiger partial charge in [-0.25, -0.2) is 4.98 Å². The van der Waals surface area contributed by atoms with Crippen LogP contribution in [0.25, 0.3) is 0 Å². The molecular weight excluding hydrogens is 264 g/mol. The first-order valence-corrected chi connectivity index (χ1v) is 7.70. The molecule has 98 valence electrons. The van der Waals surface area contributed by atoms with Crippen LogP contribution in [0.5, 0.6) is 0 Å². The summed E-state index contributed by atoms with van der Waals surface area (Å²) in [5.41, 5.74) is 2.32. The van der Waals surface area contributed by atoms with Gasteiger partial charge >= 0.3 is 0 Å². The van der Waals surface area contributed by atoms with Crippen LogP contribution >= 0.6 is 22.7 Å². The van der Waals surface area contributed by atoms with Crippen molar-refractivity contribution >= 4 is 27.8 Å². The summed E-state index contributed by atoms with van der Waals surface area (Å²) in [6.07, 6.45) is 0. The smallest absolute Gasteiger partial charge is 0.185 e. The van der Waals surface area contributed by atoms with Crippen LogP contribution in [0.3, 0.4) is 0 Å². The Morgan fingerprint density at radius 2 is 2.22 bits per heavy atom. The molecule has 5 heteroatoms. The highest BCUT2D eigenvalue weighted by Gasteiger charge is 2.16. The Hall–Kier alpha value is -0.910. The van der Waals surface area contributed by atoms with E-state index in [0.717, 1.165) is 22.2 Å².